The second kappa shape index (κ2) is 10.3. The van der Waals surface area contributed by atoms with E-state index in [0.29, 0.717) is 16.8 Å². The lowest BCUT2D eigenvalue weighted by atomic mass is 9.96. The summed E-state index contributed by atoms with van der Waals surface area (Å²) in [6.07, 6.45) is -1.72. The number of anilines is 1. The van der Waals surface area contributed by atoms with E-state index < -0.39 is 64.0 Å². The number of aliphatic hydroxyl groups is 2. The van der Waals surface area contributed by atoms with Crippen LogP contribution in [0.1, 0.15) is 24.4 Å². The van der Waals surface area contributed by atoms with E-state index in [1.165, 1.54) is 22.8 Å². The zero-order valence-corrected chi connectivity index (χ0v) is 21.7. The molecule has 5 atom stereocenters. The lowest BCUT2D eigenvalue weighted by molar-refractivity contribution is -0.0652. The Morgan fingerprint density at radius 2 is 2.05 bits per heavy atom. The van der Waals surface area contributed by atoms with Crippen LogP contribution < -0.4 is 5.32 Å². The second-order valence-corrected chi connectivity index (χ2v) is 13.0. The number of aliphatic hydroxyl groups excluding tert-OH is 1. The molecule has 1 aromatic carbocycles. The van der Waals surface area contributed by atoms with Crippen LogP contribution in [0.3, 0.4) is 0 Å². The van der Waals surface area contributed by atoms with E-state index in [-0.39, 0.29) is 11.0 Å². The number of nitrogens with zero attached hydrogens (tertiary/aromatic N) is 3. The molecule has 202 valence electrons. The Hall–Kier alpha value is -1.96. The number of aromatic nitrogens is 3. The van der Waals surface area contributed by atoms with Gasteiger partial charge in [0.15, 0.2) is 22.5 Å². The summed E-state index contributed by atoms with van der Waals surface area (Å²) in [6, 6.07) is 7.22. The molecule has 6 N–H and O–H groups in total. The third kappa shape index (κ3) is 6.04. The van der Waals surface area contributed by atoms with Crippen LogP contribution in [0.2, 0.25) is 5.15 Å². The predicted octanol–water partition coefficient (Wildman–Crippen LogP) is 1.98. The van der Waals surface area contributed by atoms with Gasteiger partial charge in [0.1, 0.15) is 23.5 Å². The Balaban J connectivity index is 1.58. The topological polar surface area (TPSA) is 196 Å². The Kier molecular flexibility index (Phi) is 7.82. The van der Waals surface area contributed by atoms with Crippen molar-refractivity contribution >= 4 is 38.0 Å². The molecule has 1 aliphatic rings. The van der Waals surface area contributed by atoms with Gasteiger partial charge < -0.3 is 39.5 Å². The molecule has 0 aliphatic carbocycles. The van der Waals surface area contributed by atoms with Gasteiger partial charge in [-0.2, -0.15) is 5.10 Å². The quantitative estimate of drug-likeness (QED) is 0.202. The van der Waals surface area contributed by atoms with E-state index in [1.54, 1.807) is 25.1 Å². The van der Waals surface area contributed by atoms with Crippen molar-refractivity contribution in [3.8, 4) is 0 Å². The molecule has 1 fully saturated rings. The number of fused-ring (bicyclic) bond motifs is 1. The summed E-state index contributed by atoms with van der Waals surface area (Å²) in [7, 11) is -9.56. The van der Waals surface area contributed by atoms with Gasteiger partial charge in [-0.05, 0) is 13.0 Å². The Labute approximate surface area is 214 Å². The number of nitrogens with one attached hydrogen (secondary N) is 1. The minimum absolute atomic E-state index is 0.00877. The van der Waals surface area contributed by atoms with Gasteiger partial charge in [0, 0.05) is 11.6 Å². The maximum Gasteiger partial charge on any atom is 0.340 e. The van der Waals surface area contributed by atoms with Gasteiger partial charge in [0.2, 0.25) is 0 Å². The van der Waals surface area contributed by atoms with E-state index in [0.717, 1.165) is 0 Å². The molecule has 0 spiro atoms. The van der Waals surface area contributed by atoms with Gasteiger partial charge in [-0.25, -0.2) is 13.9 Å². The number of benzene rings is 1. The Morgan fingerprint density at radius 1 is 1.35 bits per heavy atom. The number of halogens is 2. The number of hydrogen-bond donors (Lipinski definition) is 6. The first kappa shape index (κ1) is 28.1. The smallest absolute Gasteiger partial charge is 0.340 e. The molecule has 0 radical (unpaired) electrons. The molecule has 37 heavy (non-hydrogen) atoms. The molecule has 17 heteroatoms. The van der Waals surface area contributed by atoms with Gasteiger partial charge in [-0.15, -0.1) is 0 Å². The van der Waals surface area contributed by atoms with E-state index in [9.17, 15) is 28.6 Å². The maximum atomic E-state index is 14.2. The van der Waals surface area contributed by atoms with Crippen molar-refractivity contribution in [2.75, 3.05) is 24.4 Å². The summed E-state index contributed by atoms with van der Waals surface area (Å²) >= 11 is 6.19. The average Bonchev–Trinajstić information content (AvgIpc) is 3.33. The second-order valence-electron chi connectivity index (χ2n) is 8.60. The van der Waals surface area contributed by atoms with Crippen molar-refractivity contribution in [2.24, 2.45) is 0 Å². The predicted molar refractivity (Wildman–Crippen MR) is 129 cm³/mol. The number of hydrogen-bond acceptors (Lipinski definition) is 9. The van der Waals surface area contributed by atoms with Crippen molar-refractivity contribution in [3.05, 3.63) is 58.9 Å². The summed E-state index contributed by atoms with van der Waals surface area (Å²) in [5, 5.41) is 29.3. The number of imidazole rings is 1. The van der Waals surface area contributed by atoms with Gasteiger partial charge in [0.05, 0.1) is 31.1 Å². The largest absolute Gasteiger partial charge is 0.387 e. The van der Waals surface area contributed by atoms with E-state index in [4.69, 9.17) is 30.6 Å². The van der Waals surface area contributed by atoms with Crippen molar-refractivity contribution in [2.45, 2.75) is 30.8 Å². The molecule has 1 aliphatic heterocycles. The summed E-state index contributed by atoms with van der Waals surface area (Å²) < 4.78 is 48.4. The first-order chi connectivity index (χ1) is 17.2. The molecule has 1 unspecified atom stereocenters. The SMILES string of the molecule is C[C@H](Nc1cc(Cl)nn2c([C@]3(O)CO[C@H](COP(=O)(O)CP(=O)(O)O)[C@H]3O)ncc12)c1ccccc1F. The zero-order chi connectivity index (χ0) is 27.2. The van der Waals surface area contributed by atoms with Crippen LogP contribution in [0.15, 0.2) is 36.5 Å². The fraction of sp³-hybridized carbons (Fsp3) is 0.400. The first-order valence-corrected chi connectivity index (χ1v) is 14.7. The Bertz CT molecular complexity index is 1410. The standard InChI is InChI=1S/C20H24ClFN4O9P2/c1-11(12-4-2-3-5-13(12)22)24-14-6-17(21)25-26-15(14)7-23-19(26)20(28)9-34-16(18(20)27)8-35-37(32,33)10-36(29,30)31/h2-7,11,16,18,24,27-28H,8-10H2,1H3,(H,32,33)(H2,29,30,31)/t11-,16+,18+,20-/m0/s1. The third-order valence-corrected chi connectivity index (χ3v) is 9.41. The minimum Gasteiger partial charge on any atom is -0.387 e. The highest BCUT2D eigenvalue weighted by atomic mass is 35.5. The molecule has 1 saturated heterocycles. The summed E-state index contributed by atoms with van der Waals surface area (Å²) in [5.41, 5.74) is -1.02. The van der Waals surface area contributed by atoms with Crippen LogP contribution >= 0.6 is 26.8 Å². The molecular weight excluding hydrogens is 557 g/mol. The third-order valence-electron chi connectivity index (χ3n) is 5.77. The molecule has 13 nitrogen and oxygen atoms in total. The lowest BCUT2D eigenvalue weighted by Crippen LogP contribution is -2.44. The molecule has 0 saturated carbocycles. The highest BCUT2D eigenvalue weighted by molar-refractivity contribution is 7.70. The molecule has 0 bridgehead atoms. The summed E-state index contributed by atoms with van der Waals surface area (Å²) in [5.74, 6) is -1.99. The fourth-order valence-corrected chi connectivity index (χ4v) is 6.77. The summed E-state index contributed by atoms with van der Waals surface area (Å²) in [6.45, 7) is 0.472. The number of ether oxygens (including phenoxy) is 1. The van der Waals surface area contributed by atoms with E-state index in [2.05, 4.69) is 15.4 Å². The molecule has 2 aromatic heterocycles. The van der Waals surface area contributed by atoms with Gasteiger partial charge >= 0.3 is 15.2 Å². The molecule has 4 rings (SSSR count). The van der Waals surface area contributed by atoms with Gasteiger partial charge in [-0.3, -0.25) is 9.13 Å². The van der Waals surface area contributed by atoms with E-state index >= 15 is 0 Å². The zero-order valence-electron chi connectivity index (χ0n) is 19.2. The lowest BCUT2D eigenvalue weighted by Gasteiger charge is -2.25. The van der Waals surface area contributed by atoms with Crippen LogP contribution in [0.4, 0.5) is 10.1 Å². The van der Waals surface area contributed by atoms with Crippen LogP contribution in [-0.4, -0.2) is 70.8 Å². The highest BCUT2D eigenvalue weighted by Crippen LogP contribution is 2.55. The van der Waals surface area contributed by atoms with E-state index in [1.807, 2.05) is 0 Å². The molecule has 0 amide bonds. The average molecular weight is 581 g/mol. The normalized spacial score (nSPS) is 24.8. The summed E-state index contributed by atoms with van der Waals surface area (Å²) in [4.78, 5) is 31.7. The van der Waals surface area contributed by atoms with Crippen molar-refractivity contribution in [1.82, 2.24) is 14.6 Å². The highest BCUT2D eigenvalue weighted by Gasteiger charge is 2.52. The van der Waals surface area contributed by atoms with Crippen molar-refractivity contribution in [3.63, 3.8) is 0 Å². The van der Waals surface area contributed by atoms with Crippen LogP contribution in [0, 0.1) is 5.82 Å². The van der Waals surface area contributed by atoms with Crippen LogP contribution in [-0.2, 0) is 24.0 Å². The number of rotatable bonds is 9. The van der Waals surface area contributed by atoms with Crippen LogP contribution in [0.25, 0.3) is 5.52 Å². The molecule has 3 aromatic rings. The molecule has 3 heterocycles. The fourth-order valence-electron chi connectivity index (χ4n) is 4.01. The van der Waals surface area contributed by atoms with Crippen molar-refractivity contribution in [1.29, 1.82) is 0 Å². The van der Waals surface area contributed by atoms with Crippen LogP contribution in [0.5, 0.6) is 0 Å². The van der Waals surface area contributed by atoms with Crippen molar-refractivity contribution < 1.29 is 47.7 Å². The van der Waals surface area contributed by atoms with Gasteiger partial charge in [-0.1, -0.05) is 29.8 Å². The Morgan fingerprint density at radius 3 is 2.73 bits per heavy atom. The molecular formula is C20H24ClFN4O9P2. The van der Waals surface area contributed by atoms with Gasteiger partial charge in [0.25, 0.3) is 0 Å². The maximum absolute atomic E-state index is 14.2. The first-order valence-electron chi connectivity index (χ1n) is 10.8. The minimum atomic E-state index is -4.85. The monoisotopic (exact) mass is 580 g/mol.